The molecule has 1 aromatic rings. The molecule has 0 bridgehead atoms. The Morgan fingerprint density at radius 3 is 2.21 bits per heavy atom. The lowest BCUT2D eigenvalue weighted by Crippen LogP contribution is -2.19. The molecule has 0 radical (unpaired) electrons. The van der Waals surface area contributed by atoms with Crippen molar-refractivity contribution in [2.24, 2.45) is 0 Å². The van der Waals surface area contributed by atoms with Crippen LogP contribution in [-0.4, -0.2) is 8.96 Å². The van der Waals surface area contributed by atoms with E-state index in [1.165, 1.54) is 0 Å². The van der Waals surface area contributed by atoms with Gasteiger partial charge in [0.2, 0.25) is 0 Å². The molecule has 0 aromatic heterocycles. The van der Waals surface area contributed by atoms with Gasteiger partial charge in [-0.1, -0.05) is 6.07 Å². The molecule has 1 unspecified atom stereocenters. The maximum Gasteiger partial charge on any atom is 0.417 e. The molecular formula is C13H14F4OS. The number of alkyl halides is 3. The van der Waals surface area contributed by atoms with Crippen molar-refractivity contribution in [3.63, 3.8) is 0 Å². The van der Waals surface area contributed by atoms with Crippen LogP contribution < -0.4 is 0 Å². The molecule has 1 rings (SSSR count). The van der Waals surface area contributed by atoms with Crippen molar-refractivity contribution >= 4 is 16.9 Å². The van der Waals surface area contributed by atoms with Gasteiger partial charge in [-0.2, -0.15) is 13.2 Å². The smallest absolute Gasteiger partial charge is 0.254 e. The SMILES string of the molecule is CC(C)(C)S(=O)/C=C/c1c(F)cccc1C(F)(F)F. The molecule has 106 valence electrons. The van der Waals surface area contributed by atoms with E-state index >= 15 is 0 Å². The Morgan fingerprint density at radius 2 is 1.74 bits per heavy atom. The summed E-state index contributed by atoms with van der Waals surface area (Å²) in [5, 5.41) is 1.09. The van der Waals surface area contributed by atoms with Gasteiger partial charge in [0.25, 0.3) is 0 Å². The summed E-state index contributed by atoms with van der Waals surface area (Å²) < 4.78 is 62.7. The highest BCUT2D eigenvalue weighted by atomic mass is 32.2. The van der Waals surface area contributed by atoms with Crippen LogP contribution in [0.2, 0.25) is 0 Å². The zero-order valence-electron chi connectivity index (χ0n) is 10.7. The average Bonchev–Trinajstić information content (AvgIpc) is 2.24. The topological polar surface area (TPSA) is 17.1 Å². The predicted molar refractivity (Wildman–Crippen MR) is 68.3 cm³/mol. The van der Waals surface area contributed by atoms with Crippen LogP contribution in [-0.2, 0) is 17.0 Å². The van der Waals surface area contributed by atoms with E-state index in [2.05, 4.69) is 0 Å². The minimum absolute atomic E-state index is 0.590. The highest BCUT2D eigenvalue weighted by Crippen LogP contribution is 2.33. The summed E-state index contributed by atoms with van der Waals surface area (Å²) in [5.41, 5.74) is -1.66. The van der Waals surface area contributed by atoms with Crippen molar-refractivity contribution in [2.75, 3.05) is 0 Å². The Bertz CT molecular complexity index is 512. The molecule has 0 aliphatic rings. The van der Waals surface area contributed by atoms with Crippen molar-refractivity contribution in [3.05, 3.63) is 40.6 Å². The summed E-state index contributed by atoms with van der Waals surface area (Å²) in [6.45, 7) is 5.04. The molecule has 0 saturated carbocycles. The first-order valence-corrected chi connectivity index (χ1v) is 6.69. The van der Waals surface area contributed by atoms with Gasteiger partial charge < -0.3 is 0 Å². The Kier molecular flexibility index (Phi) is 4.55. The fourth-order valence-electron chi connectivity index (χ4n) is 1.29. The molecule has 0 aliphatic carbocycles. The maximum atomic E-state index is 13.5. The lowest BCUT2D eigenvalue weighted by atomic mass is 10.1. The summed E-state index contributed by atoms with van der Waals surface area (Å²) in [6, 6.07) is 2.73. The normalized spacial score (nSPS) is 14.9. The maximum absolute atomic E-state index is 13.5. The molecule has 0 saturated heterocycles. The summed E-state index contributed by atoms with van der Waals surface area (Å²) >= 11 is 0. The molecule has 6 heteroatoms. The summed E-state index contributed by atoms with van der Waals surface area (Å²) in [4.78, 5) is 0. The van der Waals surface area contributed by atoms with E-state index in [4.69, 9.17) is 0 Å². The van der Waals surface area contributed by atoms with E-state index < -0.39 is 38.7 Å². The van der Waals surface area contributed by atoms with Gasteiger partial charge in [0.05, 0.1) is 16.4 Å². The molecule has 19 heavy (non-hydrogen) atoms. The molecule has 0 spiro atoms. The van der Waals surface area contributed by atoms with Crippen LogP contribution >= 0.6 is 0 Å². The largest absolute Gasteiger partial charge is 0.417 e. The minimum atomic E-state index is -4.65. The molecule has 0 aliphatic heterocycles. The quantitative estimate of drug-likeness (QED) is 0.741. The fourth-order valence-corrected chi connectivity index (χ4v) is 1.96. The first-order chi connectivity index (χ1) is 8.53. The van der Waals surface area contributed by atoms with Gasteiger partial charge in [-0.3, -0.25) is 4.21 Å². The molecule has 0 amide bonds. The monoisotopic (exact) mass is 294 g/mol. The van der Waals surface area contributed by atoms with Gasteiger partial charge in [0.15, 0.2) is 0 Å². The first kappa shape index (κ1) is 15.9. The fraction of sp³-hybridized carbons (Fsp3) is 0.385. The van der Waals surface area contributed by atoms with E-state index in [9.17, 15) is 21.8 Å². The van der Waals surface area contributed by atoms with Gasteiger partial charge in [-0.05, 0) is 39.0 Å². The Labute approximate surface area is 111 Å². The summed E-state index contributed by atoms with van der Waals surface area (Å²) in [7, 11) is -1.50. The van der Waals surface area contributed by atoms with Crippen LogP contribution in [0.1, 0.15) is 31.9 Å². The lowest BCUT2D eigenvalue weighted by Gasteiger charge is -2.15. The Hall–Kier alpha value is -1.17. The van der Waals surface area contributed by atoms with Gasteiger partial charge in [0, 0.05) is 15.7 Å². The average molecular weight is 294 g/mol. The second-order valence-corrected chi connectivity index (χ2v) is 7.00. The molecule has 1 atom stereocenters. The van der Waals surface area contributed by atoms with Crippen molar-refractivity contribution in [2.45, 2.75) is 31.7 Å². The van der Waals surface area contributed by atoms with Crippen molar-refractivity contribution in [1.82, 2.24) is 0 Å². The second kappa shape index (κ2) is 5.45. The van der Waals surface area contributed by atoms with E-state index in [-0.39, 0.29) is 0 Å². The van der Waals surface area contributed by atoms with E-state index in [0.29, 0.717) is 0 Å². The Morgan fingerprint density at radius 1 is 1.16 bits per heavy atom. The van der Waals surface area contributed by atoms with Crippen LogP contribution in [0.3, 0.4) is 0 Å². The third kappa shape index (κ3) is 4.16. The van der Waals surface area contributed by atoms with Crippen molar-refractivity contribution < 1.29 is 21.8 Å². The molecule has 0 N–H and O–H groups in total. The van der Waals surface area contributed by atoms with Crippen LogP contribution in [0.5, 0.6) is 0 Å². The zero-order valence-corrected chi connectivity index (χ0v) is 11.5. The number of benzene rings is 1. The van der Waals surface area contributed by atoms with Crippen LogP contribution in [0, 0.1) is 5.82 Å². The van der Waals surface area contributed by atoms with Crippen LogP contribution in [0.4, 0.5) is 17.6 Å². The lowest BCUT2D eigenvalue weighted by molar-refractivity contribution is -0.137. The second-order valence-electron chi connectivity index (χ2n) is 4.91. The molecular weight excluding hydrogens is 280 g/mol. The minimum Gasteiger partial charge on any atom is -0.254 e. The zero-order chi connectivity index (χ0) is 14.8. The van der Waals surface area contributed by atoms with Gasteiger partial charge >= 0.3 is 6.18 Å². The first-order valence-electron chi connectivity index (χ1n) is 5.48. The molecule has 0 fully saturated rings. The van der Waals surface area contributed by atoms with Crippen molar-refractivity contribution in [3.8, 4) is 0 Å². The third-order valence-electron chi connectivity index (χ3n) is 2.32. The number of hydrogen-bond donors (Lipinski definition) is 0. The molecule has 1 nitrogen and oxygen atoms in total. The van der Waals surface area contributed by atoms with Crippen LogP contribution in [0.25, 0.3) is 6.08 Å². The number of halogens is 4. The van der Waals surface area contributed by atoms with Gasteiger partial charge in [-0.15, -0.1) is 0 Å². The van der Waals surface area contributed by atoms with Crippen LogP contribution in [0.15, 0.2) is 23.6 Å². The highest BCUT2D eigenvalue weighted by Gasteiger charge is 2.33. The summed E-state index contributed by atoms with van der Waals surface area (Å²) in [6.07, 6.45) is -3.72. The molecule has 1 aromatic carbocycles. The van der Waals surface area contributed by atoms with Gasteiger partial charge in [-0.25, -0.2) is 4.39 Å². The summed E-state index contributed by atoms with van der Waals surface area (Å²) in [5.74, 6) is -0.989. The van der Waals surface area contributed by atoms with E-state index in [1.54, 1.807) is 20.8 Å². The van der Waals surface area contributed by atoms with Crippen molar-refractivity contribution in [1.29, 1.82) is 0 Å². The number of rotatable bonds is 2. The standard InChI is InChI=1S/C13H14F4OS/c1-12(2,3)19(18)8-7-9-10(13(15,16)17)5-4-6-11(9)14/h4-8H,1-3H3/b8-7+. The van der Waals surface area contributed by atoms with E-state index in [0.717, 1.165) is 29.7 Å². The number of hydrogen-bond acceptors (Lipinski definition) is 1. The Balaban J connectivity index is 3.22. The highest BCUT2D eigenvalue weighted by molar-refractivity contribution is 7.89. The van der Waals surface area contributed by atoms with E-state index in [1.807, 2.05) is 0 Å². The third-order valence-corrected chi connectivity index (χ3v) is 3.91. The predicted octanol–water partition coefficient (Wildman–Crippen LogP) is 4.36. The van der Waals surface area contributed by atoms with Gasteiger partial charge in [0.1, 0.15) is 5.82 Å². The molecule has 0 heterocycles.